The van der Waals surface area contributed by atoms with Gasteiger partial charge in [0.2, 0.25) is 0 Å². The molecule has 0 fully saturated rings. The van der Waals surface area contributed by atoms with Gasteiger partial charge in [-0.15, -0.1) is 0 Å². The zero-order chi connectivity index (χ0) is 11.6. The Kier molecular flexibility index (Phi) is 2.86. The highest BCUT2D eigenvalue weighted by Crippen LogP contribution is 2.37. The van der Waals surface area contributed by atoms with Crippen LogP contribution >= 0.6 is 0 Å². The Bertz CT molecular complexity index is 400. The Morgan fingerprint density at radius 2 is 2.25 bits per heavy atom. The molecule has 1 atom stereocenters. The van der Waals surface area contributed by atoms with Crippen molar-refractivity contribution in [3.05, 3.63) is 29.8 Å². The maximum absolute atomic E-state index is 11.4. The van der Waals surface area contributed by atoms with Crippen LogP contribution in [0.25, 0.3) is 0 Å². The molecule has 0 saturated carbocycles. The average molecular weight is 220 g/mol. The summed E-state index contributed by atoms with van der Waals surface area (Å²) in [6.45, 7) is 2.29. The first-order valence-corrected chi connectivity index (χ1v) is 5.62. The minimum atomic E-state index is -0.746. The number of aliphatic carboxylic acids is 1. The van der Waals surface area contributed by atoms with Crippen LogP contribution in [0.1, 0.15) is 25.3 Å². The molecule has 1 aliphatic heterocycles. The third kappa shape index (κ3) is 1.77. The zero-order valence-electron chi connectivity index (χ0n) is 9.40. The minimum Gasteiger partial charge on any atom is -0.492 e. The number of hydrogen-bond acceptors (Lipinski definition) is 2. The Labute approximate surface area is 95.0 Å². The number of fused-ring (bicyclic) bond motifs is 1. The van der Waals surface area contributed by atoms with E-state index in [1.54, 1.807) is 0 Å². The van der Waals surface area contributed by atoms with Gasteiger partial charge in [-0.05, 0) is 24.5 Å². The molecule has 0 spiro atoms. The highest BCUT2D eigenvalue weighted by atomic mass is 16.5. The van der Waals surface area contributed by atoms with Gasteiger partial charge in [0.25, 0.3) is 0 Å². The Hall–Kier alpha value is -1.51. The molecule has 1 aliphatic rings. The van der Waals surface area contributed by atoms with E-state index in [1.807, 2.05) is 31.2 Å². The van der Waals surface area contributed by atoms with Crippen molar-refractivity contribution in [1.82, 2.24) is 0 Å². The van der Waals surface area contributed by atoms with Gasteiger partial charge in [-0.25, -0.2) is 0 Å². The molecule has 3 nitrogen and oxygen atoms in total. The summed E-state index contributed by atoms with van der Waals surface area (Å²) in [5.74, 6) is 0.0827. The van der Waals surface area contributed by atoms with E-state index in [-0.39, 0.29) is 6.61 Å². The quantitative estimate of drug-likeness (QED) is 0.851. The molecular formula is C13H16O3. The largest absolute Gasteiger partial charge is 0.492 e. The van der Waals surface area contributed by atoms with Crippen molar-refractivity contribution in [2.24, 2.45) is 5.41 Å². The smallest absolute Gasteiger partial charge is 0.313 e. The first kappa shape index (κ1) is 11.0. The van der Waals surface area contributed by atoms with Crippen LogP contribution in [0.3, 0.4) is 0 Å². The van der Waals surface area contributed by atoms with E-state index in [0.717, 1.165) is 17.7 Å². The fourth-order valence-corrected chi connectivity index (χ4v) is 2.31. The van der Waals surface area contributed by atoms with E-state index in [1.165, 1.54) is 0 Å². The number of ether oxygens (including phenoxy) is 1. The molecule has 3 heteroatoms. The molecule has 0 amide bonds. The minimum absolute atomic E-state index is 0.285. The van der Waals surface area contributed by atoms with Gasteiger partial charge in [-0.2, -0.15) is 0 Å². The van der Waals surface area contributed by atoms with Gasteiger partial charge in [0.1, 0.15) is 17.8 Å². The first-order chi connectivity index (χ1) is 7.68. The van der Waals surface area contributed by atoms with E-state index in [9.17, 15) is 9.90 Å². The standard InChI is InChI=1S/C13H16O3/c1-2-7-13(12(14)15)8-10-5-3-4-6-11(10)16-9-13/h3-6H,2,7-9H2,1H3,(H,14,15). The Morgan fingerprint density at radius 1 is 1.50 bits per heavy atom. The highest BCUT2D eigenvalue weighted by Gasteiger charge is 2.42. The summed E-state index contributed by atoms with van der Waals surface area (Å²) in [6.07, 6.45) is 2.10. The number of carboxylic acids is 1. The normalized spacial score (nSPS) is 23.3. The van der Waals surface area contributed by atoms with E-state index >= 15 is 0 Å². The van der Waals surface area contributed by atoms with Crippen molar-refractivity contribution < 1.29 is 14.6 Å². The topological polar surface area (TPSA) is 46.5 Å². The third-order valence-electron chi connectivity index (χ3n) is 3.19. The fourth-order valence-electron chi connectivity index (χ4n) is 2.31. The predicted octanol–water partition coefficient (Wildman–Crippen LogP) is 2.49. The molecule has 1 aromatic carbocycles. The summed E-state index contributed by atoms with van der Waals surface area (Å²) >= 11 is 0. The lowest BCUT2D eigenvalue weighted by Crippen LogP contribution is -2.41. The molecule has 2 rings (SSSR count). The van der Waals surface area contributed by atoms with E-state index in [4.69, 9.17) is 4.74 Å². The van der Waals surface area contributed by atoms with Crippen LogP contribution in [-0.2, 0) is 11.2 Å². The zero-order valence-corrected chi connectivity index (χ0v) is 9.40. The lowest BCUT2D eigenvalue weighted by molar-refractivity contribution is -0.152. The van der Waals surface area contributed by atoms with E-state index in [2.05, 4.69) is 0 Å². The van der Waals surface area contributed by atoms with Crippen LogP contribution < -0.4 is 4.74 Å². The van der Waals surface area contributed by atoms with Crippen LogP contribution in [0, 0.1) is 5.41 Å². The van der Waals surface area contributed by atoms with Crippen molar-refractivity contribution in [3.63, 3.8) is 0 Å². The van der Waals surface area contributed by atoms with Crippen LogP contribution in [0.15, 0.2) is 24.3 Å². The predicted molar refractivity (Wildman–Crippen MR) is 60.6 cm³/mol. The van der Waals surface area contributed by atoms with Gasteiger partial charge in [0.05, 0.1) is 0 Å². The fraction of sp³-hybridized carbons (Fsp3) is 0.462. The number of carboxylic acid groups (broad SMARTS) is 1. The summed E-state index contributed by atoms with van der Waals surface area (Å²) in [4.78, 5) is 11.4. The Balaban J connectivity index is 2.31. The first-order valence-electron chi connectivity index (χ1n) is 5.62. The molecule has 86 valence electrons. The van der Waals surface area contributed by atoms with Crippen molar-refractivity contribution in [1.29, 1.82) is 0 Å². The molecule has 0 bridgehead atoms. The maximum atomic E-state index is 11.4. The second kappa shape index (κ2) is 4.16. The number of carbonyl (C=O) groups is 1. The van der Waals surface area contributed by atoms with Crippen LogP contribution in [0.4, 0.5) is 0 Å². The van der Waals surface area contributed by atoms with Gasteiger partial charge < -0.3 is 9.84 Å². The van der Waals surface area contributed by atoms with Crippen LogP contribution in [-0.4, -0.2) is 17.7 Å². The van der Waals surface area contributed by atoms with Crippen molar-refractivity contribution in [3.8, 4) is 5.75 Å². The van der Waals surface area contributed by atoms with Gasteiger partial charge in [0, 0.05) is 0 Å². The number of para-hydroxylation sites is 1. The van der Waals surface area contributed by atoms with Gasteiger partial charge in [-0.1, -0.05) is 31.5 Å². The SMILES string of the molecule is CCCC1(C(=O)O)COc2ccccc2C1. The summed E-state index contributed by atoms with van der Waals surface area (Å²) in [5.41, 5.74) is 0.271. The molecule has 16 heavy (non-hydrogen) atoms. The number of benzene rings is 1. The van der Waals surface area contributed by atoms with Gasteiger partial charge >= 0.3 is 5.97 Å². The van der Waals surface area contributed by atoms with Gasteiger partial charge in [-0.3, -0.25) is 4.79 Å². The Morgan fingerprint density at radius 3 is 2.94 bits per heavy atom. The summed E-state index contributed by atoms with van der Waals surface area (Å²) < 4.78 is 5.57. The van der Waals surface area contributed by atoms with Crippen LogP contribution in [0.5, 0.6) is 5.75 Å². The highest BCUT2D eigenvalue weighted by molar-refractivity contribution is 5.76. The van der Waals surface area contributed by atoms with Gasteiger partial charge in [0.15, 0.2) is 0 Å². The molecule has 0 radical (unpaired) electrons. The molecule has 1 unspecified atom stereocenters. The summed E-state index contributed by atoms with van der Waals surface area (Å²) in [5, 5.41) is 9.37. The third-order valence-corrected chi connectivity index (χ3v) is 3.19. The van der Waals surface area contributed by atoms with Crippen molar-refractivity contribution >= 4 is 5.97 Å². The summed E-state index contributed by atoms with van der Waals surface area (Å²) in [7, 11) is 0. The summed E-state index contributed by atoms with van der Waals surface area (Å²) in [6, 6.07) is 7.67. The van der Waals surface area contributed by atoms with E-state index in [0.29, 0.717) is 12.8 Å². The molecule has 0 aromatic heterocycles. The number of hydrogen-bond donors (Lipinski definition) is 1. The monoisotopic (exact) mass is 220 g/mol. The lowest BCUT2D eigenvalue weighted by Gasteiger charge is -2.34. The lowest BCUT2D eigenvalue weighted by atomic mass is 9.77. The molecular weight excluding hydrogens is 204 g/mol. The van der Waals surface area contributed by atoms with E-state index < -0.39 is 11.4 Å². The second-order valence-electron chi connectivity index (χ2n) is 4.41. The molecule has 1 N–H and O–H groups in total. The maximum Gasteiger partial charge on any atom is 0.313 e. The van der Waals surface area contributed by atoms with Crippen LogP contribution in [0.2, 0.25) is 0 Å². The molecule has 0 aliphatic carbocycles. The number of rotatable bonds is 3. The van der Waals surface area contributed by atoms with Crippen molar-refractivity contribution in [2.75, 3.05) is 6.61 Å². The second-order valence-corrected chi connectivity index (χ2v) is 4.41. The van der Waals surface area contributed by atoms with Crippen molar-refractivity contribution in [2.45, 2.75) is 26.2 Å². The molecule has 1 heterocycles. The molecule has 1 aromatic rings. The average Bonchev–Trinajstić information content (AvgIpc) is 2.29. The molecule has 0 saturated heterocycles.